The lowest BCUT2D eigenvalue weighted by Crippen LogP contribution is -2.31. The van der Waals surface area contributed by atoms with Crippen LogP contribution in [-0.4, -0.2) is 31.2 Å². The van der Waals surface area contributed by atoms with E-state index in [0.717, 1.165) is 5.56 Å². The number of carbonyl (C=O) groups is 2. The van der Waals surface area contributed by atoms with Crippen LogP contribution < -0.4 is 15.0 Å². The molecule has 0 bridgehead atoms. The molecule has 3 rings (SSSR count). The van der Waals surface area contributed by atoms with Crippen molar-refractivity contribution in [3.63, 3.8) is 0 Å². The number of rotatable bonds is 5. The molecular weight excluding hydrogens is 410 g/mol. The van der Waals surface area contributed by atoms with E-state index in [9.17, 15) is 14.9 Å². The van der Waals surface area contributed by atoms with Crippen LogP contribution in [0.15, 0.2) is 59.1 Å². The van der Waals surface area contributed by atoms with E-state index in [-0.39, 0.29) is 11.5 Å². The van der Waals surface area contributed by atoms with Gasteiger partial charge in [0, 0.05) is 18.1 Å². The highest BCUT2D eigenvalue weighted by Gasteiger charge is 2.41. The molecule has 0 aliphatic carbocycles. The molecule has 1 aliphatic heterocycles. The average molecular weight is 428 g/mol. The first-order chi connectivity index (χ1) is 14.0. The number of amides is 2. The predicted molar refractivity (Wildman–Crippen MR) is 114 cm³/mol. The number of likely N-dealkylation sites (N-methyl/N-ethyl adjacent to an activating group) is 1. The van der Waals surface area contributed by atoms with E-state index in [1.54, 1.807) is 30.3 Å². The minimum absolute atomic E-state index is 0.115. The van der Waals surface area contributed by atoms with E-state index in [1.807, 2.05) is 24.3 Å². The smallest absolute Gasteiger partial charge is 0.264 e. The third-order valence-electron chi connectivity index (χ3n) is 4.41. The Morgan fingerprint density at radius 1 is 1.31 bits per heavy atom. The van der Waals surface area contributed by atoms with Gasteiger partial charge in [-0.2, -0.15) is 5.26 Å². The minimum Gasteiger partial charge on any atom is -0.497 e. The van der Waals surface area contributed by atoms with Crippen molar-refractivity contribution in [3.05, 3.63) is 69.7 Å². The second kappa shape index (κ2) is 9.03. The molecule has 0 saturated carbocycles. The molecule has 0 radical (unpaired) electrons. The quantitative estimate of drug-likeness (QED) is 0.583. The van der Waals surface area contributed by atoms with Gasteiger partial charge in [-0.15, -0.1) is 0 Å². The summed E-state index contributed by atoms with van der Waals surface area (Å²) < 4.78 is 5.26. The molecule has 2 aromatic rings. The zero-order valence-corrected chi connectivity index (χ0v) is 17.4. The van der Waals surface area contributed by atoms with E-state index >= 15 is 0 Å². The first-order valence-corrected chi connectivity index (χ1v) is 10.0. The van der Waals surface area contributed by atoms with Crippen LogP contribution in [0.1, 0.15) is 5.56 Å². The van der Waals surface area contributed by atoms with Crippen molar-refractivity contribution in [1.29, 1.82) is 5.26 Å². The van der Waals surface area contributed by atoms with Gasteiger partial charge in [0.05, 0.1) is 18.0 Å². The highest BCUT2D eigenvalue weighted by Crippen LogP contribution is 2.43. The maximum Gasteiger partial charge on any atom is 0.264 e. The summed E-state index contributed by atoms with van der Waals surface area (Å²) in [7, 11) is 2.97. The molecule has 1 aliphatic rings. The number of ether oxygens (including phenoxy) is 1. The molecule has 2 amide bonds. The number of hydrogen-bond acceptors (Lipinski definition) is 5. The number of thioether (sulfide) groups is 1. The Labute approximate surface area is 178 Å². The van der Waals surface area contributed by atoms with Gasteiger partial charge in [-0.25, -0.2) is 0 Å². The molecule has 1 saturated heterocycles. The van der Waals surface area contributed by atoms with E-state index in [0.29, 0.717) is 27.9 Å². The van der Waals surface area contributed by atoms with Crippen molar-refractivity contribution in [2.45, 2.75) is 11.7 Å². The molecule has 8 heteroatoms. The summed E-state index contributed by atoms with van der Waals surface area (Å²) in [5, 5.41) is 12.4. The van der Waals surface area contributed by atoms with Crippen LogP contribution in [0, 0.1) is 11.3 Å². The van der Waals surface area contributed by atoms with Crippen molar-refractivity contribution < 1.29 is 14.3 Å². The Morgan fingerprint density at radius 2 is 2.07 bits per heavy atom. The van der Waals surface area contributed by atoms with Crippen molar-refractivity contribution in [2.75, 3.05) is 19.1 Å². The Morgan fingerprint density at radius 3 is 2.72 bits per heavy atom. The normalized spacial score (nSPS) is 17.7. The van der Waals surface area contributed by atoms with Gasteiger partial charge in [-0.1, -0.05) is 47.6 Å². The second-order valence-corrected chi connectivity index (χ2v) is 7.75. The van der Waals surface area contributed by atoms with Crippen LogP contribution in [0.4, 0.5) is 5.69 Å². The highest BCUT2D eigenvalue weighted by atomic mass is 35.5. The predicted octanol–water partition coefficient (Wildman–Crippen LogP) is 3.52. The zero-order chi connectivity index (χ0) is 21.0. The summed E-state index contributed by atoms with van der Waals surface area (Å²) in [5.74, 6) is -0.212. The van der Waals surface area contributed by atoms with E-state index < -0.39 is 11.2 Å². The standard InChI is InChI=1S/C21H18ClN3O3S/c1-24-19(26)16(12-23)21-25(14-7-5-8-15(11-14)28-2)20(27)18(29-21)10-13-6-3-4-9-17(13)22/h3-9,11,18H,10H2,1-2H3,(H,24,26). The summed E-state index contributed by atoms with van der Waals surface area (Å²) in [4.78, 5) is 27.0. The van der Waals surface area contributed by atoms with Gasteiger partial charge in [0.1, 0.15) is 22.4 Å². The van der Waals surface area contributed by atoms with Crippen molar-refractivity contribution in [1.82, 2.24) is 5.32 Å². The van der Waals surface area contributed by atoms with Gasteiger partial charge in [-0.05, 0) is 30.2 Å². The Balaban J connectivity index is 2.08. The molecule has 1 atom stereocenters. The Kier molecular flexibility index (Phi) is 6.47. The molecule has 29 heavy (non-hydrogen) atoms. The molecule has 1 fully saturated rings. The Bertz CT molecular complexity index is 1030. The van der Waals surface area contributed by atoms with Crippen LogP contribution in [0.5, 0.6) is 5.75 Å². The number of carbonyl (C=O) groups excluding carboxylic acids is 2. The number of nitrogens with one attached hydrogen (secondary N) is 1. The largest absolute Gasteiger partial charge is 0.497 e. The maximum absolute atomic E-state index is 13.3. The molecule has 0 aromatic heterocycles. The van der Waals surface area contributed by atoms with Gasteiger partial charge in [0.15, 0.2) is 0 Å². The van der Waals surface area contributed by atoms with Crippen molar-refractivity contribution in [2.24, 2.45) is 0 Å². The number of nitrogens with zero attached hydrogens (tertiary/aromatic N) is 2. The number of halogens is 1. The molecule has 2 aromatic carbocycles. The molecule has 1 unspecified atom stereocenters. The van der Waals surface area contributed by atoms with E-state index in [2.05, 4.69) is 5.32 Å². The number of hydrogen-bond donors (Lipinski definition) is 1. The summed E-state index contributed by atoms with van der Waals surface area (Å²) in [6, 6.07) is 16.2. The molecule has 1 N–H and O–H groups in total. The fourth-order valence-electron chi connectivity index (χ4n) is 2.96. The van der Waals surface area contributed by atoms with E-state index in [1.165, 1.54) is 30.8 Å². The number of methoxy groups -OCH3 is 1. The summed E-state index contributed by atoms with van der Waals surface area (Å²) >= 11 is 7.45. The Hall–Kier alpha value is -2.95. The first-order valence-electron chi connectivity index (χ1n) is 8.74. The van der Waals surface area contributed by atoms with E-state index in [4.69, 9.17) is 16.3 Å². The van der Waals surface area contributed by atoms with Gasteiger partial charge >= 0.3 is 0 Å². The average Bonchev–Trinajstić information content (AvgIpc) is 3.05. The van der Waals surface area contributed by atoms with Gasteiger partial charge < -0.3 is 10.1 Å². The van der Waals surface area contributed by atoms with Crippen LogP contribution in [0.3, 0.4) is 0 Å². The van der Waals surface area contributed by atoms with Crippen molar-refractivity contribution >= 4 is 40.9 Å². The van der Waals surface area contributed by atoms with Crippen LogP contribution in [0.25, 0.3) is 0 Å². The SMILES string of the molecule is CNC(=O)C(C#N)=C1SC(Cc2ccccc2Cl)C(=O)N1c1cccc(OC)c1. The third kappa shape index (κ3) is 4.24. The van der Waals surface area contributed by atoms with Crippen molar-refractivity contribution in [3.8, 4) is 11.8 Å². The molecule has 1 heterocycles. The molecule has 148 valence electrons. The summed E-state index contributed by atoms with van der Waals surface area (Å²) in [6.07, 6.45) is 0.375. The summed E-state index contributed by atoms with van der Waals surface area (Å²) in [5.41, 5.74) is 1.23. The highest BCUT2D eigenvalue weighted by molar-refractivity contribution is 8.05. The fourth-order valence-corrected chi connectivity index (χ4v) is 4.47. The lowest BCUT2D eigenvalue weighted by molar-refractivity contribution is -0.117. The third-order valence-corrected chi connectivity index (χ3v) is 6.04. The minimum atomic E-state index is -0.547. The molecule has 6 nitrogen and oxygen atoms in total. The monoisotopic (exact) mass is 427 g/mol. The van der Waals surface area contributed by atoms with Gasteiger partial charge in [0.25, 0.3) is 5.91 Å². The maximum atomic E-state index is 13.3. The second-order valence-electron chi connectivity index (χ2n) is 6.15. The number of nitriles is 1. The zero-order valence-electron chi connectivity index (χ0n) is 15.8. The summed E-state index contributed by atoms with van der Waals surface area (Å²) in [6.45, 7) is 0. The first kappa shape index (κ1) is 20.8. The van der Waals surface area contributed by atoms with Crippen LogP contribution in [-0.2, 0) is 16.0 Å². The molecule has 0 spiro atoms. The van der Waals surface area contributed by atoms with Crippen LogP contribution in [0.2, 0.25) is 5.02 Å². The fraction of sp³-hybridized carbons (Fsp3) is 0.190. The lowest BCUT2D eigenvalue weighted by atomic mass is 10.1. The lowest BCUT2D eigenvalue weighted by Gasteiger charge is -2.19. The van der Waals surface area contributed by atoms with Gasteiger partial charge in [0.2, 0.25) is 5.91 Å². The molecular formula is C21H18ClN3O3S. The van der Waals surface area contributed by atoms with Gasteiger partial charge in [-0.3, -0.25) is 14.5 Å². The van der Waals surface area contributed by atoms with Crippen LogP contribution >= 0.6 is 23.4 Å². The topological polar surface area (TPSA) is 82.4 Å². The number of benzene rings is 2. The number of anilines is 1.